The lowest BCUT2D eigenvalue weighted by atomic mass is 9.97. The van der Waals surface area contributed by atoms with Crippen molar-refractivity contribution in [3.05, 3.63) is 28.8 Å². The van der Waals surface area contributed by atoms with E-state index in [0.717, 1.165) is 29.8 Å². The Bertz CT molecular complexity index is 473. The number of likely N-dealkylation sites (tertiary alicyclic amines) is 1. The van der Waals surface area contributed by atoms with E-state index in [2.05, 4.69) is 30.9 Å². The van der Waals surface area contributed by atoms with E-state index in [1.165, 1.54) is 24.8 Å². The molecule has 0 radical (unpaired) electrons. The molecule has 1 fully saturated rings. The molecule has 21 heavy (non-hydrogen) atoms. The number of aryl methyl sites for hydroxylation is 2. The zero-order chi connectivity index (χ0) is 15.4. The third-order valence-electron chi connectivity index (χ3n) is 4.64. The summed E-state index contributed by atoms with van der Waals surface area (Å²) in [5, 5.41) is 10.7. The number of aliphatic hydroxyl groups is 1. The highest BCUT2D eigenvalue weighted by Crippen LogP contribution is 2.32. The molecule has 118 valence electrons. The molecule has 1 aromatic rings. The van der Waals surface area contributed by atoms with Crippen LogP contribution in [-0.4, -0.2) is 36.2 Å². The maximum absolute atomic E-state index is 10.7. The second kappa shape index (κ2) is 7.28. The largest absolute Gasteiger partial charge is 0.496 e. The van der Waals surface area contributed by atoms with Crippen LogP contribution in [0.4, 0.5) is 0 Å². The van der Waals surface area contributed by atoms with Gasteiger partial charge in [0.1, 0.15) is 5.75 Å². The number of aliphatic hydroxyl groups excluding tert-OH is 1. The standard InChI is InChI=1S/C18H29NO2/c1-5-15-8-6-7-9-19(15)12-17(20)16-11-13(2)10-14(3)18(16)21-4/h10-11,15,17,20H,5-9,12H2,1-4H3. The Kier molecular flexibility index (Phi) is 5.65. The molecule has 1 saturated heterocycles. The van der Waals surface area contributed by atoms with E-state index in [4.69, 9.17) is 4.74 Å². The van der Waals surface area contributed by atoms with Gasteiger partial charge < -0.3 is 9.84 Å². The molecule has 0 aliphatic carbocycles. The monoisotopic (exact) mass is 291 g/mol. The van der Waals surface area contributed by atoms with Crippen LogP contribution in [-0.2, 0) is 0 Å². The molecule has 3 nitrogen and oxygen atoms in total. The van der Waals surface area contributed by atoms with Crippen molar-refractivity contribution >= 4 is 0 Å². The summed E-state index contributed by atoms with van der Waals surface area (Å²) >= 11 is 0. The van der Waals surface area contributed by atoms with Crippen molar-refractivity contribution in [1.82, 2.24) is 4.90 Å². The average molecular weight is 291 g/mol. The lowest BCUT2D eigenvalue weighted by molar-refractivity contribution is 0.0643. The molecular weight excluding hydrogens is 262 g/mol. The number of benzene rings is 1. The van der Waals surface area contributed by atoms with Crippen molar-refractivity contribution < 1.29 is 9.84 Å². The predicted octanol–water partition coefficient (Wildman–Crippen LogP) is 3.61. The molecule has 0 spiro atoms. The van der Waals surface area contributed by atoms with Crippen LogP contribution in [0, 0.1) is 13.8 Å². The van der Waals surface area contributed by atoms with E-state index in [9.17, 15) is 5.11 Å². The molecule has 0 bridgehead atoms. The first-order valence-electron chi connectivity index (χ1n) is 8.14. The molecule has 1 heterocycles. The summed E-state index contributed by atoms with van der Waals surface area (Å²) in [4.78, 5) is 2.45. The smallest absolute Gasteiger partial charge is 0.127 e. The van der Waals surface area contributed by atoms with Crippen LogP contribution >= 0.6 is 0 Å². The highest BCUT2D eigenvalue weighted by Gasteiger charge is 2.25. The van der Waals surface area contributed by atoms with Crippen molar-refractivity contribution in [2.24, 2.45) is 0 Å². The number of ether oxygens (including phenoxy) is 1. The van der Waals surface area contributed by atoms with Crippen LogP contribution in [0.1, 0.15) is 55.4 Å². The van der Waals surface area contributed by atoms with E-state index in [0.29, 0.717) is 12.6 Å². The topological polar surface area (TPSA) is 32.7 Å². The molecule has 3 heteroatoms. The quantitative estimate of drug-likeness (QED) is 0.899. The van der Waals surface area contributed by atoms with Gasteiger partial charge in [0.05, 0.1) is 13.2 Å². The minimum absolute atomic E-state index is 0.481. The summed E-state index contributed by atoms with van der Waals surface area (Å²) in [6.07, 6.45) is 4.50. The first-order valence-corrected chi connectivity index (χ1v) is 8.14. The summed E-state index contributed by atoms with van der Waals surface area (Å²) in [5.74, 6) is 0.832. The zero-order valence-electron chi connectivity index (χ0n) is 13.9. The average Bonchev–Trinajstić information content (AvgIpc) is 2.47. The minimum atomic E-state index is -0.481. The van der Waals surface area contributed by atoms with E-state index < -0.39 is 6.10 Å². The summed E-state index contributed by atoms with van der Waals surface area (Å²) in [6, 6.07) is 4.77. The van der Waals surface area contributed by atoms with Crippen molar-refractivity contribution in [2.45, 2.75) is 58.6 Å². The molecule has 0 aromatic heterocycles. The summed E-state index contributed by atoms with van der Waals surface area (Å²) < 4.78 is 5.52. The van der Waals surface area contributed by atoms with Gasteiger partial charge in [-0.2, -0.15) is 0 Å². The molecule has 1 N–H and O–H groups in total. The van der Waals surface area contributed by atoms with E-state index in [1.807, 2.05) is 6.92 Å². The maximum atomic E-state index is 10.7. The van der Waals surface area contributed by atoms with Gasteiger partial charge in [0, 0.05) is 18.2 Å². The number of β-amino-alcohol motifs (C(OH)–C–C–N with tert-alkyl or cyclic N) is 1. The first kappa shape index (κ1) is 16.3. The van der Waals surface area contributed by atoms with Crippen molar-refractivity contribution in [2.75, 3.05) is 20.2 Å². The van der Waals surface area contributed by atoms with E-state index in [-0.39, 0.29) is 0 Å². The van der Waals surface area contributed by atoms with Gasteiger partial charge in [-0.15, -0.1) is 0 Å². The van der Waals surface area contributed by atoms with Gasteiger partial charge in [0.25, 0.3) is 0 Å². The second-order valence-corrected chi connectivity index (χ2v) is 6.27. The summed E-state index contributed by atoms with van der Waals surface area (Å²) in [6.45, 7) is 8.16. The Morgan fingerprint density at radius 2 is 2.10 bits per heavy atom. The van der Waals surface area contributed by atoms with Crippen LogP contribution < -0.4 is 4.74 Å². The van der Waals surface area contributed by atoms with Crippen LogP contribution in [0.3, 0.4) is 0 Å². The SMILES string of the molecule is CCC1CCCCN1CC(O)c1cc(C)cc(C)c1OC. The predicted molar refractivity (Wildman–Crippen MR) is 86.9 cm³/mol. The fourth-order valence-electron chi connectivity index (χ4n) is 3.60. The number of methoxy groups -OCH3 is 1. The Morgan fingerprint density at radius 1 is 1.33 bits per heavy atom. The normalized spacial score (nSPS) is 21.3. The maximum Gasteiger partial charge on any atom is 0.127 e. The van der Waals surface area contributed by atoms with Crippen LogP contribution in [0.5, 0.6) is 5.75 Å². The number of rotatable bonds is 5. The fourth-order valence-corrected chi connectivity index (χ4v) is 3.60. The third kappa shape index (κ3) is 3.78. The number of hydrogen-bond donors (Lipinski definition) is 1. The van der Waals surface area contributed by atoms with Crippen molar-refractivity contribution in [1.29, 1.82) is 0 Å². The highest BCUT2D eigenvalue weighted by molar-refractivity contribution is 5.45. The molecule has 1 aliphatic rings. The van der Waals surface area contributed by atoms with Crippen LogP contribution in [0.25, 0.3) is 0 Å². The van der Waals surface area contributed by atoms with Gasteiger partial charge in [0.15, 0.2) is 0 Å². The Labute approximate surface area is 128 Å². The molecule has 2 rings (SSSR count). The molecule has 1 aromatic carbocycles. The van der Waals surface area contributed by atoms with Gasteiger partial charge >= 0.3 is 0 Å². The fraction of sp³-hybridized carbons (Fsp3) is 0.667. The van der Waals surface area contributed by atoms with Gasteiger partial charge in [-0.1, -0.05) is 25.0 Å². The van der Waals surface area contributed by atoms with Gasteiger partial charge in [-0.3, -0.25) is 4.90 Å². The number of nitrogens with zero attached hydrogens (tertiary/aromatic N) is 1. The van der Waals surface area contributed by atoms with Crippen molar-refractivity contribution in [3.8, 4) is 5.75 Å². The Morgan fingerprint density at radius 3 is 2.76 bits per heavy atom. The second-order valence-electron chi connectivity index (χ2n) is 6.27. The number of hydrogen-bond acceptors (Lipinski definition) is 3. The molecule has 1 aliphatic heterocycles. The van der Waals surface area contributed by atoms with Crippen LogP contribution in [0.2, 0.25) is 0 Å². The zero-order valence-corrected chi connectivity index (χ0v) is 13.9. The lowest BCUT2D eigenvalue weighted by Gasteiger charge is -2.36. The van der Waals surface area contributed by atoms with Gasteiger partial charge in [0.2, 0.25) is 0 Å². The van der Waals surface area contributed by atoms with E-state index in [1.54, 1.807) is 7.11 Å². The van der Waals surface area contributed by atoms with Crippen LogP contribution in [0.15, 0.2) is 12.1 Å². The number of piperidine rings is 1. The third-order valence-corrected chi connectivity index (χ3v) is 4.64. The van der Waals surface area contributed by atoms with Gasteiger partial charge in [-0.25, -0.2) is 0 Å². The molecule has 2 unspecified atom stereocenters. The molecule has 0 amide bonds. The van der Waals surface area contributed by atoms with Crippen molar-refractivity contribution in [3.63, 3.8) is 0 Å². The van der Waals surface area contributed by atoms with E-state index >= 15 is 0 Å². The summed E-state index contributed by atoms with van der Waals surface area (Å²) in [7, 11) is 1.68. The summed E-state index contributed by atoms with van der Waals surface area (Å²) in [5.41, 5.74) is 3.20. The molecule has 2 atom stereocenters. The first-order chi connectivity index (χ1) is 10.1. The van der Waals surface area contributed by atoms with Gasteiger partial charge in [-0.05, 0) is 51.3 Å². The highest BCUT2D eigenvalue weighted by atomic mass is 16.5. The lowest BCUT2D eigenvalue weighted by Crippen LogP contribution is -2.41. The Hall–Kier alpha value is -1.06. The minimum Gasteiger partial charge on any atom is -0.496 e. The Balaban J connectivity index is 2.17. The molecule has 0 saturated carbocycles. The molecular formula is C18H29NO2.